The molecule has 6 nitrogen and oxygen atoms in total. The fourth-order valence-corrected chi connectivity index (χ4v) is 5.61. The van der Waals surface area contributed by atoms with Gasteiger partial charge in [0.05, 0.1) is 13.2 Å². The summed E-state index contributed by atoms with van der Waals surface area (Å²) in [6.07, 6.45) is 6.10. The van der Waals surface area contributed by atoms with Crippen molar-refractivity contribution in [2.45, 2.75) is 85.9 Å². The summed E-state index contributed by atoms with van der Waals surface area (Å²) < 4.78 is 21.5. The van der Waals surface area contributed by atoms with E-state index in [1.807, 2.05) is 84.9 Å². The second-order valence-electron chi connectivity index (χ2n) is 13.5. The highest BCUT2D eigenvalue weighted by atomic mass is 16.6. The van der Waals surface area contributed by atoms with Gasteiger partial charge in [0.2, 0.25) is 0 Å². The summed E-state index contributed by atoms with van der Waals surface area (Å²) in [7, 11) is 1.70. The fraction of sp³-hybridized carbons (Fsp3) is 0.442. The molecule has 49 heavy (non-hydrogen) atoms. The maximum Gasteiger partial charge on any atom is 0.334 e. The van der Waals surface area contributed by atoms with Crippen LogP contribution in [-0.2, 0) is 30.4 Å². The van der Waals surface area contributed by atoms with Crippen LogP contribution < -0.4 is 4.74 Å². The summed E-state index contributed by atoms with van der Waals surface area (Å²) in [6, 6.07) is 25.8. The molecule has 0 saturated carbocycles. The van der Waals surface area contributed by atoms with Crippen LogP contribution in [0.2, 0.25) is 0 Å². The Kier molecular flexibility index (Phi) is 17.2. The molecule has 0 amide bonds. The molecule has 1 atom stereocenters. The highest BCUT2D eigenvalue weighted by molar-refractivity contribution is 5.90. The number of carbonyl (C=O) groups excluding carboxylic acids is 2. The predicted octanol–water partition coefficient (Wildman–Crippen LogP) is 9.27. The van der Waals surface area contributed by atoms with Crippen LogP contribution in [0.4, 0.5) is 0 Å². The van der Waals surface area contributed by atoms with Crippen LogP contribution in [0.1, 0.15) is 88.5 Å². The molecule has 0 spiro atoms. The number of cyclic esters (lactones) is 1. The number of methoxy groups -OCH3 is 1. The van der Waals surface area contributed by atoms with E-state index in [1.165, 1.54) is 11.1 Å². The first-order valence-electron chi connectivity index (χ1n) is 17.5. The van der Waals surface area contributed by atoms with Gasteiger partial charge in [-0.1, -0.05) is 93.6 Å². The molecule has 6 heteroatoms. The lowest BCUT2D eigenvalue weighted by Crippen LogP contribution is -2.18. The summed E-state index contributed by atoms with van der Waals surface area (Å²) >= 11 is 0. The Hall–Kier alpha value is -4.34. The first-order chi connectivity index (χ1) is 23.6. The van der Waals surface area contributed by atoms with E-state index in [-0.39, 0.29) is 25.0 Å². The van der Waals surface area contributed by atoms with Crippen molar-refractivity contribution in [3.63, 3.8) is 0 Å². The van der Waals surface area contributed by atoms with Gasteiger partial charge < -0.3 is 18.9 Å². The van der Waals surface area contributed by atoms with Gasteiger partial charge in [-0.05, 0) is 92.3 Å². The highest BCUT2D eigenvalue weighted by Crippen LogP contribution is 2.27. The number of hydrogen-bond donors (Lipinski definition) is 0. The molecule has 1 unspecified atom stereocenters. The Morgan fingerprint density at radius 3 is 2.10 bits per heavy atom. The second-order valence-corrected chi connectivity index (χ2v) is 13.5. The van der Waals surface area contributed by atoms with E-state index in [2.05, 4.69) is 46.5 Å². The zero-order valence-corrected chi connectivity index (χ0v) is 30.2. The normalized spacial score (nSPS) is 14.7. The molecule has 262 valence electrons. The smallest absolute Gasteiger partial charge is 0.334 e. The lowest BCUT2D eigenvalue weighted by Gasteiger charge is -2.19. The van der Waals surface area contributed by atoms with Crippen molar-refractivity contribution in [1.82, 2.24) is 0 Å². The van der Waals surface area contributed by atoms with Gasteiger partial charge in [0.25, 0.3) is 0 Å². The number of allylic oxidation sites excluding steroid dienone is 1. The number of rotatable bonds is 15. The Labute approximate surface area is 294 Å². The van der Waals surface area contributed by atoms with E-state index < -0.39 is 6.10 Å². The van der Waals surface area contributed by atoms with Crippen LogP contribution in [0.3, 0.4) is 0 Å². The molecular formula is C43H54O6. The van der Waals surface area contributed by atoms with Crippen LogP contribution in [0.25, 0.3) is 0 Å². The average molecular weight is 667 g/mol. The third-order valence-electron chi connectivity index (χ3n) is 7.93. The van der Waals surface area contributed by atoms with Crippen molar-refractivity contribution < 1.29 is 28.5 Å². The summed E-state index contributed by atoms with van der Waals surface area (Å²) in [5.41, 5.74) is 5.03. The summed E-state index contributed by atoms with van der Waals surface area (Å²) in [5, 5.41) is 0. The number of hydrogen-bond acceptors (Lipinski definition) is 6. The minimum absolute atomic E-state index is 0.0925. The van der Waals surface area contributed by atoms with Gasteiger partial charge in [0.1, 0.15) is 18.5 Å². The van der Waals surface area contributed by atoms with Crippen molar-refractivity contribution in [2.75, 3.05) is 20.3 Å². The lowest BCUT2D eigenvalue weighted by molar-refractivity contribution is -0.152. The van der Waals surface area contributed by atoms with Gasteiger partial charge in [0.15, 0.2) is 0 Å². The van der Waals surface area contributed by atoms with Gasteiger partial charge >= 0.3 is 11.9 Å². The van der Waals surface area contributed by atoms with Crippen molar-refractivity contribution >= 4 is 11.9 Å². The van der Waals surface area contributed by atoms with Crippen LogP contribution >= 0.6 is 0 Å². The molecule has 1 fully saturated rings. The Bertz CT molecular complexity index is 1480. The SMILES string of the molecule is COCc1ccccc1.Cc1ccc(C#Cc2ccc(OCCCC(=O)OCC3C/C(=C\CC(CC(C)C)CC(C)C)C(=O)O3)cc2)cc1. The molecule has 0 radical (unpaired) electrons. The number of ether oxygens (including phenoxy) is 4. The van der Waals surface area contributed by atoms with Gasteiger partial charge in [-0.3, -0.25) is 4.79 Å². The molecule has 3 aromatic rings. The summed E-state index contributed by atoms with van der Waals surface area (Å²) in [4.78, 5) is 24.5. The molecular weight excluding hydrogens is 612 g/mol. The third kappa shape index (κ3) is 16.1. The van der Waals surface area contributed by atoms with E-state index in [0.29, 0.717) is 49.4 Å². The van der Waals surface area contributed by atoms with Crippen LogP contribution in [0, 0.1) is 36.5 Å². The van der Waals surface area contributed by atoms with Crippen LogP contribution in [0.15, 0.2) is 90.5 Å². The molecule has 0 aliphatic carbocycles. The first kappa shape index (κ1) is 39.1. The Balaban J connectivity index is 0.000000624. The van der Waals surface area contributed by atoms with E-state index in [9.17, 15) is 9.59 Å². The predicted molar refractivity (Wildman–Crippen MR) is 196 cm³/mol. The van der Waals surface area contributed by atoms with Gasteiger partial charge in [-0.15, -0.1) is 0 Å². The van der Waals surface area contributed by atoms with Gasteiger partial charge in [-0.25, -0.2) is 4.79 Å². The quantitative estimate of drug-likeness (QED) is 0.0697. The number of aryl methyl sites for hydroxylation is 1. The molecule has 4 rings (SSSR count). The van der Waals surface area contributed by atoms with Crippen LogP contribution in [0.5, 0.6) is 5.75 Å². The molecule has 3 aromatic carbocycles. The lowest BCUT2D eigenvalue weighted by atomic mass is 9.86. The van der Waals surface area contributed by atoms with E-state index >= 15 is 0 Å². The number of benzene rings is 3. The highest BCUT2D eigenvalue weighted by Gasteiger charge is 2.30. The van der Waals surface area contributed by atoms with Crippen molar-refractivity contribution in [3.8, 4) is 17.6 Å². The monoisotopic (exact) mass is 666 g/mol. The standard InChI is InChI=1S/C35H44O5.C8H10O/c1-25(2)21-30(22-26(3)4)14-17-31-23-33(40-35(31)37)24-39-34(36)7-6-20-38-32-18-15-29(16-19-32)13-12-28-10-8-27(5)9-11-28;1-9-7-8-5-3-2-4-6-8/h8-11,15-19,25-26,30,33H,6-7,14,20-24H2,1-5H3;2-6H,7H2,1H3/b31-17+;. The molecule has 1 aliphatic heterocycles. The number of carbonyl (C=O) groups is 2. The van der Waals surface area contributed by atoms with Gasteiger partial charge in [0, 0.05) is 36.7 Å². The molecule has 0 N–H and O–H groups in total. The van der Waals surface area contributed by atoms with E-state index in [4.69, 9.17) is 18.9 Å². The Morgan fingerprint density at radius 2 is 1.51 bits per heavy atom. The third-order valence-corrected chi connectivity index (χ3v) is 7.93. The zero-order chi connectivity index (χ0) is 35.4. The van der Waals surface area contributed by atoms with Gasteiger partial charge in [-0.2, -0.15) is 0 Å². The van der Waals surface area contributed by atoms with E-state index in [1.54, 1.807) is 7.11 Å². The maximum absolute atomic E-state index is 12.3. The minimum Gasteiger partial charge on any atom is -0.494 e. The molecule has 1 aliphatic rings. The van der Waals surface area contributed by atoms with Crippen molar-refractivity contribution in [2.24, 2.45) is 17.8 Å². The first-order valence-corrected chi connectivity index (χ1v) is 17.5. The summed E-state index contributed by atoms with van der Waals surface area (Å²) in [5.74, 6) is 8.28. The maximum atomic E-state index is 12.3. The number of esters is 2. The van der Waals surface area contributed by atoms with Crippen LogP contribution in [-0.4, -0.2) is 38.4 Å². The fourth-order valence-electron chi connectivity index (χ4n) is 5.61. The topological polar surface area (TPSA) is 71.1 Å². The molecule has 1 heterocycles. The van der Waals surface area contributed by atoms with E-state index in [0.717, 1.165) is 36.1 Å². The zero-order valence-electron chi connectivity index (χ0n) is 30.2. The average Bonchev–Trinajstić information content (AvgIpc) is 3.44. The Morgan fingerprint density at radius 1 is 0.898 bits per heavy atom. The van der Waals surface area contributed by atoms with Crippen molar-refractivity contribution in [1.29, 1.82) is 0 Å². The molecule has 1 saturated heterocycles. The second kappa shape index (κ2) is 21.6. The molecule has 0 bridgehead atoms. The molecule has 0 aromatic heterocycles. The largest absolute Gasteiger partial charge is 0.494 e. The summed E-state index contributed by atoms with van der Waals surface area (Å²) in [6.45, 7) is 12.2. The van der Waals surface area contributed by atoms with Crippen molar-refractivity contribution in [3.05, 3.63) is 113 Å². The minimum atomic E-state index is -0.403.